The summed E-state index contributed by atoms with van der Waals surface area (Å²) in [5, 5.41) is 2.66. The molecule has 1 aromatic carbocycles. The first-order valence-electron chi connectivity index (χ1n) is 8.18. The zero-order chi connectivity index (χ0) is 18.6. The van der Waals surface area contributed by atoms with E-state index in [0.717, 1.165) is 5.56 Å². The van der Waals surface area contributed by atoms with Gasteiger partial charge in [0.15, 0.2) is 6.23 Å². The molecule has 0 aliphatic carbocycles. The van der Waals surface area contributed by atoms with Crippen LogP contribution < -0.4 is 5.32 Å². The van der Waals surface area contributed by atoms with Gasteiger partial charge in [-0.05, 0) is 38.5 Å². The minimum Gasteiger partial charge on any atom is -0.444 e. The van der Waals surface area contributed by atoms with Gasteiger partial charge in [-0.1, -0.05) is 12.1 Å². The van der Waals surface area contributed by atoms with Crippen molar-refractivity contribution in [2.24, 2.45) is 0 Å². The van der Waals surface area contributed by atoms with Crippen LogP contribution in [0.1, 0.15) is 49.5 Å². The lowest BCUT2D eigenvalue weighted by atomic mass is 10.1. The van der Waals surface area contributed by atoms with Crippen LogP contribution in [0.15, 0.2) is 24.3 Å². The Morgan fingerprint density at radius 3 is 2.68 bits per heavy atom. The van der Waals surface area contributed by atoms with Crippen LogP contribution in [0.3, 0.4) is 0 Å². The third-order valence-corrected chi connectivity index (χ3v) is 3.62. The van der Waals surface area contributed by atoms with Crippen LogP contribution in [0.2, 0.25) is 0 Å². The van der Waals surface area contributed by atoms with E-state index in [1.807, 2.05) is 6.07 Å². The molecule has 0 spiro atoms. The molecule has 1 atom stereocenters. The van der Waals surface area contributed by atoms with Gasteiger partial charge in [-0.25, -0.2) is 4.79 Å². The number of carbonyl (C=O) groups is 3. The van der Waals surface area contributed by atoms with Crippen LogP contribution in [-0.2, 0) is 20.8 Å². The Labute approximate surface area is 147 Å². The number of hydrogen-bond donors (Lipinski definition) is 1. The molecule has 1 saturated heterocycles. The quantitative estimate of drug-likeness (QED) is 0.845. The minimum absolute atomic E-state index is 0.237. The number of esters is 1. The summed E-state index contributed by atoms with van der Waals surface area (Å²) in [6.45, 7) is 5.62. The summed E-state index contributed by atoms with van der Waals surface area (Å²) < 4.78 is 10.3. The van der Waals surface area contributed by atoms with Gasteiger partial charge in [0, 0.05) is 25.6 Å². The number of ether oxygens (including phenoxy) is 2. The molecule has 7 heteroatoms. The lowest BCUT2D eigenvalue weighted by Crippen LogP contribution is -2.37. The molecule has 1 N–H and O–H groups in total. The Morgan fingerprint density at radius 2 is 2.08 bits per heavy atom. The topological polar surface area (TPSA) is 84.9 Å². The van der Waals surface area contributed by atoms with Crippen LogP contribution in [0.25, 0.3) is 0 Å². The molecule has 2 rings (SSSR count). The van der Waals surface area contributed by atoms with Crippen LogP contribution in [0.4, 0.5) is 4.79 Å². The molecule has 0 radical (unpaired) electrons. The number of cyclic esters (lactones) is 1. The number of nitrogens with zero attached hydrogens (tertiary/aromatic N) is 1. The Bertz CT molecular complexity index is 666. The van der Waals surface area contributed by atoms with Crippen molar-refractivity contribution in [2.45, 2.75) is 52.0 Å². The molecule has 2 amide bonds. The monoisotopic (exact) mass is 348 g/mol. The van der Waals surface area contributed by atoms with Gasteiger partial charge in [-0.3, -0.25) is 9.59 Å². The summed E-state index contributed by atoms with van der Waals surface area (Å²) in [7, 11) is 1.61. The van der Waals surface area contributed by atoms with Gasteiger partial charge >= 0.3 is 12.1 Å². The summed E-state index contributed by atoms with van der Waals surface area (Å²) in [5.41, 5.74) is 0.672. The van der Waals surface area contributed by atoms with Gasteiger partial charge in [0.1, 0.15) is 5.60 Å². The molecular weight excluding hydrogens is 324 g/mol. The molecule has 136 valence electrons. The van der Waals surface area contributed by atoms with Gasteiger partial charge in [0.25, 0.3) is 5.91 Å². The second-order valence-corrected chi connectivity index (χ2v) is 6.96. The van der Waals surface area contributed by atoms with E-state index in [1.54, 1.807) is 46.0 Å². The first kappa shape index (κ1) is 18.8. The lowest BCUT2D eigenvalue weighted by Gasteiger charge is -2.23. The molecule has 25 heavy (non-hydrogen) atoms. The Hall–Kier alpha value is -2.57. The van der Waals surface area contributed by atoms with Crippen LogP contribution in [-0.4, -0.2) is 41.7 Å². The molecule has 1 heterocycles. The molecule has 0 saturated carbocycles. The van der Waals surface area contributed by atoms with E-state index in [1.165, 1.54) is 4.90 Å². The highest BCUT2D eigenvalue weighted by molar-refractivity contribution is 5.94. The van der Waals surface area contributed by atoms with Gasteiger partial charge < -0.3 is 19.7 Å². The molecule has 1 aliphatic rings. The zero-order valence-electron chi connectivity index (χ0n) is 15.0. The predicted molar refractivity (Wildman–Crippen MR) is 90.7 cm³/mol. The fraction of sp³-hybridized carbons (Fsp3) is 0.500. The molecule has 0 aromatic heterocycles. The van der Waals surface area contributed by atoms with E-state index in [2.05, 4.69) is 5.32 Å². The normalized spacial score (nSPS) is 17.0. The highest BCUT2D eigenvalue weighted by Gasteiger charge is 2.30. The minimum atomic E-state index is -0.566. The number of rotatable bonds is 4. The summed E-state index contributed by atoms with van der Waals surface area (Å²) in [6, 6.07) is 6.94. The van der Waals surface area contributed by atoms with E-state index in [-0.39, 0.29) is 18.4 Å². The molecule has 0 bridgehead atoms. The standard InChI is InChI=1S/C18H24N2O5/c1-18(2,3)25-17(23)19-11-12-6-5-7-13(10-12)16(22)20(4)14-8-9-15(21)24-14/h5-7,10,14H,8-9,11H2,1-4H3,(H,19,23)/t14-/m1/s1. The molecule has 0 unspecified atom stereocenters. The highest BCUT2D eigenvalue weighted by atomic mass is 16.6. The van der Waals surface area contributed by atoms with Gasteiger partial charge in [-0.2, -0.15) is 0 Å². The van der Waals surface area contributed by atoms with E-state index in [4.69, 9.17) is 9.47 Å². The lowest BCUT2D eigenvalue weighted by molar-refractivity contribution is -0.145. The van der Waals surface area contributed by atoms with Gasteiger partial charge in [0.2, 0.25) is 0 Å². The van der Waals surface area contributed by atoms with Crippen LogP contribution in [0, 0.1) is 0 Å². The van der Waals surface area contributed by atoms with Crippen molar-refractivity contribution in [3.63, 3.8) is 0 Å². The van der Waals surface area contributed by atoms with Gasteiger partial charge in [0.05, 0.1) is 6.42 Å². The van der Waals surface area contributed by atoms with Crippen molar-refractivity contribution in [3.05, 3.63) is 35.4 Å². The largest absolute Gasteiger partial charge is 0.444 e. The highest BCUT2D eigenvalue weighted by Crippen LogP contribution is 2.19. The summed E-state index contributed by atoms with van der Waals surface area (Å²) in [5.74, 6) is -0.529. The van der Waals surface area contributed by atoms with Crippen LogP contribution >= 0.6 is 0 Å². The Morgan fingerprint density at radius 1 is 1.36 bits per heavy atom. The van der Waals surface area contributed by atoms with Crippen molar-refractivity contribution in [1.29, 1.82) is 0 Å². The predicted octanol–water partition coefficient (Wildman–Crippen LogP) is 2.45. The number of carbonyl (C=O) groups excluding carboxylic acids is 3. The maximum absolute atomic E-state index is 12.5. The van der Waals surface area contributed by atoms with Crippen molar-refractivity contribution in [3.8, 4) is 0 Å². The first-order chi connectivity index (χ1) is 11.7. The number of alkyl carbamates (subject to hydrolysis) is 1. The van der Waals surface area contributed by atoms with E-state index in [9.17, 15) is 14.4 Å². The van der Waals surface area contributed by atoms with E-state index >= 15 is 0 Å². The Balaban J connectivity index is 1.97. The third-order valence-electron chi connectivity index (χ3n) is 3.62. The summed E-state index contributed by atoms with van der Waals surface area (Å²) >= 11 is 0. The summed E-state index contributed by atoms with van der Waals surface area (Å²) in [4.78, 5) is 36.9. The number of hydrogen-bond acceptors (Lipinski definition) is 5. The van der Waals surface area contributed by atoms with E-state index in [0.29, 0.717) is 18.4 Å². The summed E-state index contributed by atoms with van der Waals surface area (Å²) in [6.07, 6.45) is -0.217. The zero-order valence-corrected chi connectivity index (χ0v) is 15.0. The molecular formula is C18H24N2O5. The van der Waals surface area contributed by atoms with Gasteiger partial charge in [-0.15, -0.1) is 0 Å². The fourth-order valence-electron chi connectivity index (χ4n) is 2.42. The fourth-order valence-corrected chi connectivity index (χ4v) is 2.42. The second kappa shape index (κ2) is 7.55. The average Bonchev–Trinajstić information content (AvgIpc) is 2.96. The molecule has 1 fully saturated rings. The maximum atomic E-state index is 12.5. The molecule has 1 aliphatic heterocycles. The van der Waals surface area contributed by atoms with Crippen LogP contribution in [0.5, 0.6) is 0 Å². The third kappa shape index (κ3) is 5.48. The molecule has 7 nitrogen and oxygen atoms in total. The Kier molecular flexibility index (Phi) is 5.66. The first-order valence-corrected chi connectivity index (χ1v) is 8.18. The average molecular weight is 348 g/mol. The van der Waals surface area contributed by atoms with Crippen molar-refractivity contribution in [2.75, 3.05) is 7.05 Å². The SMILES string of the molecule is CN(C(=O)c1cccc(CNC(=O)OC(C)(C)C)c1)[C@H]1CCC(=O)O1. The number of amides is 2. The number of benzene rings is 1. The van der Waals surface area contributed by atoms with Crippen molar-refractivity contribution >= 4 is 18.0 Å². The maximum Gasteiger partial charge on any atom is 0.407 e. The molecule has 1 aromatic rings. The van der Waals surface area contributed by atoms with E-state index < -0.39 is 17.9 Å². The number of nitrogens with one attached hydrogen (secondary N) is 1. The second-order valence-electron chi connectivity index (χ2n) is 6.96. The van der Waals surface area contributed by atoms with Crippen molar-refractivity contribution in [1.82, 2.24) is 10.2 Å². The smallest absolute Gasteiger partial charge is 0.407 e. The van der Waals surface area contributed by atoms with Crippen molar-refractivity contribution < 1.29 is 23.9 Å².